The molecule has 2 heterocycles. The highest BCUT2D eigenvalue weighted by Gasteiger charge is 2.35. The van der Waals surface area contributed by atoms with E-state index in [1.807, 2.05) is 0 Å². The minimum absolute atomic E-state index is 0.0940. The van der Waals surface area contributed by atoms with Crippen LogP contribution in [0.4, 0.5) is 4.39 Å². The Balaban J connectivity index is 1.68. The van der Waals surface area contributed by atoms with E-state index in [1.165, 1.54) is 18.2 Å². The maximum absolute atomic E-state index is 13.9. The number of rotatable bonds is 7. The van der Waals surface area contributed by atoms with E-state index in [-0.39, 0.29) is 22.9 Å². The average Bonchev–Trinajstić information content (AvgIpc) is 3.16. The Labute approximate surface area is 189 Å². The monoisotopic (exact) mass is 465 g/mol. The lowest BCUT2D eigenvalue weighted by Gasteiger charge is -2.35. The summed E-state index contributed by atoms with van der Waals surface area (Å²) in [7, 11) is 0. The summed E-state index contributed by atoms with van der Waals surface area (Å²) in [4.78, 5) is 49.3. The molecule has 172 valence electrons. The van der Waals surface area contributed by atoms with Crippen LogP contribution in [0, 0.1) is 11.7 Å². The highest BCUT2D eigenvalue weighted by atomic mass is 35.5. The fourth-order valence-electron chi connectivity index (χ4n) is 3.76. The molecule has 0 aliphatic carbocycles. The van der Waals surface area contributed by atoms with Crippen LogP contribution in [0.15, 0.2) is 24.3 Å². The predicted molar refractivity (Wildman–Crippen MR) is 115 cm³/mol. The quantitative estimate of drug-likeness (QED) is 0.435. The van der Waals surface area contributed by atoms with Crippen LogP contribution in [0.2, 0.25) is 5.02 Å². The van der Waals surface area contributed by atoms with Gasteiger partial charge in [-0.15, -0.1) is 0 Å². The average molecular weight is 466 g/mol. The number of carbonyl (C=O) groups excluding carboxylic acids is 4. The summed E-state index contributed by atoms with van der Waals surface area (Å²) in [6.07, 6.45) is 4.09. The molecule has 9 nitrogen and oxygen atoms in total. The number of hydrazine groups is 1. The molecule has 0 saturated carbocycles. The highest BCUT2D eigenvalue weighted by molar-refractivity contribution is 6.30. The smallest absolute Gasteiger partial charge is 0.261 e. The minimum Gasteiger partial charge on any atom is -0.368 e. The summed E-state index contributed by atoms with van der Waals surface area (Å²) in [5, 5.41) is 6.65. The molecule has 0 bridgehead atoms. The van der Waals surface area contributed by atoms with E-state index in [2.05, 4.69) is 16.1 Å². The van der Waals surface area contributed by atoms with Gasteiger partial charge in [-0.25, -0.2) is 9.82 Å². The van der Waals surface area contributed by atoms with Gasteiger partial charge in [0.25, 0.3) is 5.91 Å². The summed E-state index contributed by atoms with van der Waals surface area (Å²) < 4.78 is 13.9. The van der Waals surface area contributed by atoms with Crippen molar-refractivity contribution in [3.05, 3.63) is 40.7 Å². The number of benzene rings is 1. The Morgan fingerprint density at radius 3 is 2.75 bits per heavy atom. The maximum Gasteiger partial charge on any atom is 0.261 e. The van der Waals surface area contributed by atoms with Crippen molar-refractivity contribution in [2.75, 3.05) is 13.1 Å². The number of nitrogens with two attached hydrogens (primary N) is 1. The summed E-state index contributed by atoms with van der Waals surface area (Å²) in [6, 6.07) is 2.14. The molecule has 5 N–H and O–H groups in total. The molecule has 3 rings (SSSR count). The number of hydrogen-bond acceptors (Lipinski definition) is 5. The molecule has 2 saturated heterocycles. The van der Waals surface area contributed by atoms with E-state index < -0.39 is 41.5 Å². The van der Waals surface area contributed by atoms with Crippen molar-refractivity contribution >= 4 is 41.3 Å². The van der Waals surface area contributed by atoms with Gasteiger partial charge in [-0.1, -0.05) is 17.7 Å². The molecule has 2 fully saturated rings. The number of halogens is 2. The zero-order valence-corrected chi connectivity index (χ0v) is 18.0. The van der Waals surface area contributed by atoms with Crippen LogP contribution in [0.25, 0.3) is 6.08 Å². The molecule has 1 aromatic rings. The third kappa shape index (κ3) is 5.83. The van der Waals surface area contributed by atoms with Crippen molar-refractivity contribution in [1.82, 2.24) is 21.1 Å². The van der Waals surface area contributed by atoms with Gasteiger partial charge in [0, 0.05) is 35.7 Å². The van der Waals surface area contributed by atoms with E-state index in [0.717, 1.165) is 17.2 Å². The molecule has 4 amide bonds. The molecule has 3 atom stereocenters. The SMILES string of the molecule is NC(=O)[C@H](C[C@@H]1CCNC1=O)NC(=O)C1CCCNN1C(=O)/C=C/c1ccc(Cl)cc1F. The molecule has 1 unspecified atom stereocenters. The van der Waals surface area contributed by atoms with Crippen LogP contribution in [0.5, 0.6) is 0 Å². The van der Waals surface area contributed by atoms with E-state index in [0.29, 0.717) is 32.4 Å². The van der Waals surface area contributed by atoms with Gasteiger partial charge >= 0.3 is 0 Å². The third-order valence-corrected chi connectivity index (χ3v) is 5.73. The second kappa shape index (κ2) is 10.6. The molecular weight excluding hydrogens is 441 g/mol. The molecule has 1 aromatic carbocycles. The fourth-order valence-corrected chi connectivity index (χ4v) is 3.92. The standard InChI is InChI=1S/C21H25ClFN5O4/c22-14-5-3-12(15(23)11-14)4-6-18(29)28-17(2-1-8-26-28)21(32)27-16(19(24)30)10-13-7-9-25-20(13)31/h3-6,11,13,16-17,26H,1-2,7-10H2,(H2,24,30)(H,25,31)(H,27,32)/b6-4+/t13-,16-,17?/m0/s1. The van der Waals surface area contributed by atoms with Crippen molar-refractivity contribution < 1.29 is 23.6 Å². The predicted octanol–water partition coefficient (Wildman–Crippen LogP) is 0.484. The molecule has 0 aromatic heterocycles. The number of nitrogens with one attached hydrogen (secondary N) is 3. The first-order valence-corrected chi connectivity index (χ1v) is 10.7. The van der Waals surface area contributed by atoms with Crippen LogP contribution in [0.3, 0.4) is 0 Å². The minimum atomic E-state index is -1.03. The van der Waals surface area contributed by atoms with Crippen LogP contribution < -0.4 is 21.8 Å². The van der Waals surface area contributed by atoms with Gasteiger partial charge in [-0.2, -0.15) is 0 Å². The van der Waals surface area contributed by atoms with E-state index in [1.54, 1.807) is 0 Å². The summed E-state index contributed by atoms with van der Waals surface area (Å²) >= 11 is 5.73. The topological polar surface area (TPSA) is 134 Å². The number of nitrogens with zero attached hydrogens (tertiary/aromatic N) is 1. The van der Waals surface area contributed by atoms with Crippen molar-refractivity contribution in [2.45, 2.75) is 37.8 Å². The van der Waals surface area contributed by atoms with Gasteiger partial charge < -0.3 is 16.4 Å². The maximum atomic E-state index is 13.9. The van der Waals surface area contributed by atoms with Crippen LogP contribution in [0.1, 0.15) is 31.2 Å². The van der Waals surface area contributed by atoms with E-state index in [9.17, 15) is 23.6 Å². The summed E-state index contributed by atoms with van der Waals surface area (Å²) in [5.74, 6) is -3.03. The number of carbonyl (C=O) groups is 4. The van der Waals surface area contributed by atoms with Crippen molar-refractivity contribution in [2.24, 2.45) is 11.7 Å². The Bertz CT molecular complexity index is 941. The lowest BCUT2D eigenvalue weighted by Crippen LogP contribution is -2.60. The fraction of sp³-hybridized carbons (Fsp3) is 0.429. The molecule has 0 spiro atoms. The second-order valence-electron chi connectivity index (χ2n) is 7.75. The molecule has 11 heteroatoms. The first kappa shape index (κ1) is 23.7. The Morgan fingerprint density at radius 1 is 1.31 bits per heavy atom. The van der Waals surface area contributed by atoms with Crippen molar-refractivity contribution in [3.8, 4) is 0 Å². The Kier molecular flexibility index (Phi) is 7.81. The highest BCUT2D eigenvalue weighted by Crippen LogP contribution is 2.19. The van der Waals surface area contributed by atoms with Crippen molar-refractivity contribution in [3.63, 3.8) is 0 Å². The largest absolute Gasteiger partial charge is 0.368 e. The second-order valence-corrected chi connectivity index (χ2v) is 8.19. The first-order valence-electron chi connectivity index (χ1n) is 10.3. The molecule has 2 aliphatic rings. The molecule has 2 aliphatic heterocycles. The van der Waals surface area contributed by atoms with Gasteiger partial charge in [0.15, 0.2) is 0 Å². The Morgan fingerprint density at radius 2 is 2.09 bits per heavy atom. The molecule has 0 radical (unpaired) electrons. The van der Waals surface area contributed by atoms with Crippen LogP contribution in [-0.2, 0) is 19.2 Å². The number of amides is 4. The Hall–Kier alpha value is -2.98. The van der Waals surface area contributed by atoms with Gasteiger partial charge in [0.05, 0.1) is 0 Å². The van der Waals surface area contributed by atoms with E-state index in [4.69, 9.17) is 17.3 Å². The zero-order chi connectivity index (χ0) is 23.3. The molecule has 32 heavy (non-hydrogen) atoms. The zero-order valence-electron chi connectivity index (χ0n) is 17.3. The van der Waals surface area contributed by atoms with Gasteiger partial charge in [0.1, 0.15) is 17.9 Å². The number of hydrogen-bond donors (Lipinski definition) is 4. The van der Waals surface area contributed by atoms with Crippen LogP contribution in [-0.4, -0.2) is 53.8 Å². The van der Waals surface area contributed by atoms with Crippen LogP contribution >= 0.6 is 11.6 Å². The normalized spacial score (nSPS) is 21.9. The number of primary amides is 1. The lowest BCUT2D eigenvalue weighted by molar-refractivity contribution is -0.143. The summed E-state index contributed by atoms with van der Waals surface area (Å²) in [6.45, 7) is 0.985. The van der Waals surface area contributed by atoms with Gasteiger partial charge in [0.2, 0.25) is 17.7 Å². The van der Waals surface area contributed by atoms with Gasteiger partial charge in [-0.3, -0.25) is 24.2 Å². The first-order chi connectivity index (χ1) is 15.3. The van der Waals surface area contributed by atoms with E-state index >= 15 is 0 Å². The van der Waals surface area contributed by atoms with Gasteiger partial charge in [-0.05, 0) is 43.9 Å². The third-order valence-electron chi connectivity index (χ3n) is 5.50. The van der Waals surface area contributed by atoms with Crippen molar-refractivity contribution in [1.29, 1.82) is 0 Å². The summed E-state index contributed by atoms with van der Waals surface area (Å²) in [5.41, 5.74) is 8.47. The molecular formula is C21H25ClFN5O4. The lowest BCUT2D eigenvalue weighted by atomic mass is 9.97.